The number of aromatic amines is 1. The summed E-state index contributed by atoms with van der Waals surface area (Å²) in [6, 6.07) is 4.18. The van der Waals surface area contributed by atoms with E-state index in [0.29, 0.717) is 0 Å². The molecule has 3 N–H and O–H groups in total. The molecule has 8 heteroatoms. The van der Waals surface area contributed by atoms with Gasteiger partial charge in [-0.15, -0.1) is 0 Å². The molecule has 0 atom stereocenters. The molecule has 2 rings (SSSR count). The second-order valence-electron chi connectivity index (χ2n) is 3.72. The summed E-state index contributed by atoms with van der Waals surface area (Å²) >= 11 is 0. The zero-order chi connectivity index (χ0) is 14.0. The Bertz CT molecular complexity index is 677. The summed E-state index contributed by atoms with van der Waals surface area (Å²) < 4.78 is 52.3. The van der Waals surface area contributed by atoms with Gasteiger partial charge < -0.3 is 10.1 Å². The van der Waals surface area contributed by atoms with E-state index in [1.54, 1.807) is 0 Å². The molecule has 1 aromatic heterocycles. The number of hydrogen-bond donors (Lipinski definition) is 3. The molecule has 0 saturated heterocycles. The van der Waals surface area contributed by atoms with Crippen molar-refractivity contribution in [1.82, 2.24) is 4.98 Å². The van der Waals surface area contributed by atoms with Crippen LogP contribution in [-0.4, -0.2) is 18.5 Å². The van der Waals surface area contributed by atoms with Gasteiger partial charge in [-0.25, -0.2) is 17.2 Å². The Morgan fingerprint density at radius 3 is 2.42 bits per heavy atom. The van der Waals surface area contributed by atoms with Crippen molar-refractivity contribution in [2.24, 2.45) is 0 Å². The van der Waals surface area contributed by atoms with Gasteiger partial charge in [0.25, 0.3) is 10.0 Å². The number of sulfonamides is 1. The number of aromatic nitrogens is 1. The quantitative estimate of drug-likeness (QED) is 0.799. The normalized spacial score (nSPS) is 11.5. The molecule has 0 bridgehead atoms. The van der Waals surface area contributed by atoms with Crippen molar-refractivity contribution in [1.29, 1.82) is 0 Å². The van der Waals surface area contributed by atoms with Crippen molar-refractivity contribution < 1.29 is 22.3 Å². The standard InChI is InChI=1S/C11H10F2N2O3S/c12-9-2-1-3-10(13)11(9)15-19(17,18)8-4-7(6-16)14-5-8/h1-5,14-16H,6H2. The number of halogens is 2. The molecule has 0 spiro atoms. The van der Waals surface area contributed by atoms with Gasteiger partial charge in [0.2, 0.25) is 0 Å². The lowest BCUT2D eigenvalue weighted by atomic mass is 10.3. The van der Waals surface area contributed by atoms with Crippen LogP contribution in [0.1, 0.15) is 5.69 Å². The van der Waals surface area contributed by atoms with E-state index in [0.717, 1.165) is 24.4 Å². The van der Waals surface area contributed by atoms with E-state index >= 15 is 0 Å². The maximum absolute atomic E-state index is 13.4. The molecule has 0 unspecified atom stereocenters. The molecule has 5 nitrogen and oxygen atoms in total. The van der Waals surface area contributed by atoms with Gasteiger partial charge >= 0.3 is 0 Å². The van der Waals surface area contributed by atoms with Crippen LogP contribution in [-0.2, 0) is 16.6 Å². The van der Waals surface area contributed by atoms with Gasteiger partial charge in [0.05, 0.1) is 6.61 Å². The molecule has 1 aromatic carbocycles. The van der Waals surface area contributed by atoms with Crippen LogP contribution in [0.2, 0.25) is 0 Å². The van der Waals surface area contributed by atoms with Crippen molar-refractivity contribution in [2.45, 2.75) is 11.5 Å². The van der Waals surface area contributed by atoms with Crippen LogP contribution in [0.15, 0.2) is 35.4 Å². The van der Waals surface area contributed by atoms with Crippen LogP contribution in [0.25, 0.3) is 0 Å². The number of hydrogen-bond acceptors (Lipinski definition) is 3. The van der Waals surface area contributed by atoms with E-state index in [4.69, 9.17) is 5.11 Å². The smallest absolute Gasteiger partial charge is 0.263 e. The molecule has 0 aliphatic rings. The molecule has 0 saturated carbocycles. The fraction of sp³-hybridized carbons (Fsp3) is 0.0909. The summed E-state index contributed by atoms with van der Waals surface area (Å²) in [5, 5.41) is 8.83. The van der Waals surface area contributed by atoms with Crippen molar-refractivity contribution in [2.75, 3.05) is 4.72 Å². The van der Waals surface area contributed by atoms with Crippen molar-refractivity contribution in [3.8, 4) is 0 Å². The van der Waals surface area contributed by atoms with Crippen LogP contribution in [0.3, 0.4) is 0 Å². The fourth-order valence-electron chi connectivity index (χ4n) is 1.45. The highest BCUT2D eigenvalue weighted by Crippen LogP contribution is 2.22. The van der Waals surface area contributed by atoms with Gasteiger partial charge in [-0.2, -0.15) is 0 Å². The van der Waals surface area contributed by atoms with E-state index in [9.17, 15) is 17.2 Å². The predicted octanol–water partition coefficient (Wildman–Crippen LogP) is 1.59. The number of aliphatic hydroxyl groups excluding tert-OH is 1. The highest BCUT2D eigenvalue weighted by atomic mass is 32.2. The molecule has 0 aliphatic heterocycles. The first kappa shape index (κ1) is 13.5. The number of anilines is 1. The molecular weight excluding hydrogens is 278 g/mol. The number of para-hydroxylation sites is 1. The Balaban J connectivity index is 2.36. The zero-order valence-corrected chi connectivity index (χ0v) is 10.3. The molecule has 0 aliphatic carbocycles. The summed E-state index contributed by atoms with van der Waals surface area (Å²) in [4.78, 5) is 2.30. The molecule has 19 heavy (non-hydrogen) atoms. The molecule has 2 aromatic rings. The highest BCUT2D eigenvalue weighted by Gasteiger charge is 2.20. The van der Waals surface area contributed by atoms with Gasteiger partial charge in [-0.3, -0.25) is 4.72 Å². The lowest BCUT2D eigenvalue weighted by Gasteiger charge is -2.08. The Labute approximate surface area is 107 Å². The maximum atomic E-state index is 13.4. The predicted molar refractivity (Wildman–Crippen MR) is 63.9 cm³/mol. The van der Waals surface area contributed by atoms with Crippen molar-refractivity contribution in [3.63, 3.8) is 0 Å². The van der Waals surface area contributed by atoms with Crippen LogP contribution in [0.5, 0.6) is 0 Å². The summed E-state index contributed by atoms with van der Waals surface area (Å²) in [6.45, 7) is -0.371. The fourth-order valence-corrected chi connectivity index (χ4v) is 2.55. The third kappa shape index (κ3) is 2.74. The lowest BCUT2D eigenvalue weighted by Crippen LogP contribution is -2.14. The first-order valence-electron chi connectivity index (χ1n) is 5.19. The topological polar surface area (TPSA) is 82.2 Å². The Kier molecular flexibility index (Phi) is 3.54. The first-order valence-corrected chi connectivity index (χ1v) is 6.67. The minimum atomic E-state index is -4.12. The Hall–Kier alpha value is -1.93. The van der Waals surface area contributed by atoms with Gasteiger partial charge in [-0.05, 0) is 18.2 Å². The van der Waals surface area contributed by atoms with E-state index in [1.807, 2.05) is 4.72 Å². The minimum Gasteiger partial charge on any atom is -0.390 e. The van der Waals surface area contributed by atoms with Gasteiger partial charge in [0, 0.05) is 11.9 Å². The second kappa shape index (κ2) is 4.98. The monoisotopic (exact) mass is 288 g/mol. The lowest BCUT2D eigenvalue weighted by molar-refractivity contribution is 0.277. The highest BCUT2D eigenvalue weighted by molar-refractivity contribution is 7.92. The molecule has 0 fully saturated rings. The van der Waals surface area contributed by atoms with Crippen molar-refractivity contribution >= 4 is 15.7 Å². The number of H-pyrrole nitrogens is 1. The maximum Gasteiger partial charge on any atom is 0.263 e. The summed E-state index contributed by atoms with van der Waals surface area (Å²) in [7, 11) is -4.12. The molecule has 0 amide bonds. The van der Waals surface area contributed by atoms with E-state index in [2.05, 4.69) is 4.98 Å². The average Bonchev–Trinajstić information content (AvgIpc) is 2.83. The minimum absolute atomic E-state index is 0.223. The van der Waals surface area contributed by atoms with Crippen molar-refractivity contribution in [3.05, 3.63) is 47.8 Å². The third-order valence-corrected chi connectivity index (χ3v) is 3.73. The second-order valence-corrected chi connectivity index (χ2v) is 5.40. The Morgan fingerprint density at radius 2 is 1.89 bits per heavy atom. The number of nitrogens with one attached hydrogen (secondary N) is 2. The number of benzene rings is 1. The molecular formula is C11H10F2N2O3S. The average molecular weight is 288 g/mol. The summed E-state index contributed by atoms with van der Waals surface area (Å²) in [6.07, 6.45) is 1.12. The zero-order valence-electron chi connectivity index (χ0n) is 9.52. The van der Waals surface area contributed by atoms with Crippen LogP contribution in [0.4, 0.5) is 14.5 Å². The first-order chi connectivity index (χ1) is 8.94. The van der Waals surface area contributed by atoms with Crippen LogP contribution >= 0.6 is 0 Å². The largest absolute Gasteiger partial charge is 0.390 e. The van der Waals surface area contributed by atoms with Crippen LogP contribution in [0, 0.1) is 11.6 Å². The third-order valence-electron chi connectivity index (χ3n) is 2.40. The van der Waals surface area contributed by atoms with Crippen LogP contribution < -0.4 is 4.72 Å². The van der Waals surface area contributed by atoms with E-state index < -0.39 is 27.3 Å². The van der Waals surface area contributed by atoms with E-state index in [1.165, 1.54) is 6.07 Å². The SMILES string of the molecule is O=S(=O)(Nc1c(F)cccc1F)c1c[nH]c(CO)c1. The number of aliphatic hydroxyl groups is 1. The molecule has 1 heterocycles. The van der Waals surface area contributed by atoms with Gasteiger partial charge in [0.1, 0.15) is 22.2 Å². The molecule has 0 radical (unpaired) electrons. The van der Waals surface area contributed by atoms with Gasteiger partial charge in [0.15, 0.2) is 0 Å². The number of rotatable bonds is 4. The Morgan fingerprint density at radius 1 is 1.26 bits per heavy atom. The van der Waals surface area contributed by atoms with E-state index in [-0.39, 0.29) is 17.2 Å². The summed E-state index contributed by atoms with van der Waals surface area (Å²) in [5.74, 6) is -2.03. The summed E-state index contributed by atoms with van der Waals surface area (Å²) in [5.41, 5.74) is -0.469. The van der Waals surface area contributed by atoms with Gasteiger partial charge in [-0.1, -0.05) is 6.07 Å². The molecule has 102 valence electrons.